The molecular weight excluding hydrogens is 476 g/mol. The molecule has 3 atom stereocenters. The average Bonchev–Trinajstić information content (AvgIpc) is 3.48. The van der Waals surface area contributed by atoms with Crippen molar-refractivity contribution in [3.63, 3.8) is 0 Å². The van der Waals surface area contributed by atoms with Crippen LogP contribution in [0, 0.1) is 29.6 Å². The number of rotatable bonds is 4. The lowest BCUT2D eigenvalue weighted by atomic mass is 9.73. The topological polar surface area (TPSA) is 98.3 Å². The molecule has 8 heteroatoms. The van der Waals surface area contributed by atoms with E-state index >= 15 is 0 Å². The summed E-state index contributed by atoms with van der Waals surface area (Å²) in [6.07, 6.45) is 7.30. The number of nitrogens with zero attached hydrogens (tertiary/aromatic N) is 6. The Balaban J connectivity index is 1.43. The fraction of sp³-hybridized carbons (Fsp3) is 0.467. The van der Waals surface area contributed by atoms with Crippen LogP contribution in [-0.4, -0.2) is 63.0 Å². The lowest BCUT2D eigenvalue weighted by Crippen LogP contribution is -2.64. The third-order valence-electron chi connectivity index (χ3n) is 9.70. The molecule has 1 saturated carbocycles. The van der Waals surface area contributed by atoms with Crippen molar-refractivity contribution in [3.05, 3.63) is 53.4 Å². The zero-order valence-corrected chi connectivity index (χ0v) is 21.9. The van der Waals surface area contributed by atoms with Crippen LogP contribution in [0.1, 0.15) is 47.6 Å². The van der Waals surface area contributed by atoms with E-state index in [2.05, 4.69) is 41.7 Å². The van der Waals surface area contributed by atoms with Crippen LogP contribution in [0.25, 0.3) is 22.0 Å². The Labute approximate surface area is 222 Å². The number of hydrogen-bond donors (Lipinski definition) is 1. The molecule has 38 heavy (non-hydrogen) atoms. The molecule has 4 aliphatic rings. The van der Waals surface area contributed by atoms with E-state index in [1.807, 2.05) is 17.9 Å². The number of nitriles is 1. The van der Waals surface area contributed by atoms with Crippen LogP contribution in [0.3, 0.4) is 0 Å². The maximum atomic E-state index is 12.2. The number of carbonyl (C=O) groups is 1. The minimum Gasteiger partial charge on any atom is -0.394 e. The second kappa shape index (κ2) is 8.15. The Kier molecular flexibility index (Phi) is 5.02. The van der Waals surface area contributed by atoms with Crippen molar-refractivity contribution in [2.75, 3.05) is 31.1 Å². The maximum absolute atomic E-state index is 12.2. The van der Waals surface area contributed by atoms with Crippen molar-refractivity contribution in [1.82, 2.24) is 19.7 Å². The molecule has 4 heterocycles. The zero-order chi connectivity index (χ0) is 26.3. The standard InChI is InChI=1S/C30H32N6O2/c1-4-24(38)35-15-30(16-35)9-10-36(23(30)14-37)29-22(12-31)26(20-8-7-18-11-21(18)27(20)33-29)25-17(2)5-6-19-13-32-34(3)28(19)25/h4-6,13,18,21,23,37H,1,7-11,14-16H2,2-3H3/t18-,21+,23+/m1/s1. The van der Waals surface area contributed by atoms with Gasteiger partial charge in [-0.2, -0.15) is 10.4 Å². The molecule has 0 radical (unpaired) electrons. The van der Waals surface area contributed by atoms with Crippen LogP contribution in [-0.2, 0) is 18.3 Å². The first-order valence-corrected chi connectivity index (χ1v) is 13.6. The van der Waals surface area contributed by atoms with Gasteiger partial charge in [0.1, 0.15) is 17.5 Å². The number of aromatic nitrogens is 3. The number of benzene rings is 1. The number of aliphatic hydroxyl groups excluding tert-OH is 1. The van der Waals surface area contributed by atoms with Gasteiger partial charge in [-0.3, -0.25) is 9.48 Å². The number of aryl methyl sites for hydroxylation is 2. The van der Waals surface area contributed by atoms with Gasteiger partial charge in [-0.05, 0) is 55.7 Å². The van der Waals surface area contributed by atoms with Gasteiger partial charge < -0.3 is 14.9 Å². The number of fused-ring (bicyclic) bond motifs is 4. The third-order valence-corrected chi connectivity index (χ3v) is 9.70. The summed E-state index contributed by atoms with van der Waals surface area (Å²) < 4.78 is 1.91. The predicted octanol–water partition coefficient (Wildman–Crippen LogP) is 3.45. The molecule has 194 valence electrons. The number of likely N-dealkylation sites (tertiary alicyclic amines) is 1. The highest BCUT2D eigenvalue weighted by Gasteiger charge is 2.56. The summed E-state index contributed by atoms with van der Waals surface area (Å²) in [5.41, 5.74) is 6.96. The molecule has 2 aromatic heterocycles. The van der Waals surface area contributed by atoms with E-state index in [4.69, 9.17) is 4.98 Å². The Morgan fingerprint density at radius 2 is 2.16 bits per heavy atom. The number of pyridine rings is 1. The first kappa shape index (κ1) is 23.4. The van der Waals surface area contributed by atoms with Gasteiger partial charge in [0.25, 0.3) is 0 Å². The maximum Gasteiger partial charge on any atom is 0.245 e. The van der Waals surface area contributed by atoms with Crippen molar-refractivity contribution in [2.24, 2.45) is 18.4 Å². The third kappa shape index (κ3) is 3.08. The molecule has 1 aromatic carbocycles. The highest BCUT2D eigenvalue weighted by molar-refractivity contribution is 5.99. The first-order chi connectivity index (χ1) is 18.4. The van der Waals surface area contributed by atoms with Crippen LogP contribution in [0.5, 0.6) is 0 Å². The summed E-state index contributed by atoms with van der Waals surface area (Å²) in [5, 5.41) is 27.0. The molecule has 0 bridgehead atoms. The molecule has 2 aliphatic carbocycles. The first-order valence-electron chi connectivity index (χ1n) is 13.6. The summed E-state index contributed by atoms with van der Waals surface area (Å²) in [7, 11) is 1.96. The lowest BCUT2D eigenvalue weighted by Gasteiger charge is -2.51. The van der Waals surface area contributed by atoms with E-state index in [1.165, 1.54) is 11.6 Å². The molecular formula is C30H32N6O2. The number of aliphatic hydroxyl groups is 1. The molecule has 2 saturated heterocycles. The molecule has 2 aliphatic heterocycles. The van der Waals surface area contributed by atoms with E-state index in [9.17, 15) is 15.2 Å². The number of amides is 1. The molecule has 0 unspecified atom stereocenters. The van der Waals surface area contributed by atoms with Crippen molar-refractivity contribution in [2.45, 2.75) is 44.6 Å². The Morgan fingerprint density at radius 1 is 1.34 bits per heavy atom. The van der Waals surface area contributed by atoms with Gasteiger partial charge in [0, 0.05) is 54.5 Å². The van der Waals surface area contributed by atoms with Crippen LogP contribution in [0.4, 0.5) is 5.82 Å². The van der Waals surface area contributed by atoms with Crippen LogP contribution < -0.4 is 4.90 Å². The van der Waals surface area contributed by atoms with Gasteiger partial charge in [0.15, 0.2) is 0 Å². The fourth-order valence-corrected chi connectivity index (χ4v) is 7.60. The van der Waals surface area contributed by atoms with Crippen molar-refractivity contribution in [1.29, 1.82) is 5.26 Å². The second-order valence-electron chi connectivity index (χ2n) is 11.7. The summed E-state index contributed by atoms with van der Waals surface area (Å²) in [6, 6.07) is 6.59. The number of carbonyl (C=O) groups excluding carboxylic acids is 1. The minimum atomic E-state index is -0.200. The number of hydrogen-bond acceptors (Lipinski definition) is 6. The largest absolute Gasteiger partial charge is 0.394 e. The summed E-state index contributed by atoms with van der Waals surface area (Å²) in [4.78, 5) is 21.4. The quantitative estimate of drug-likeness (QED) is 0.542. The zero-order valence-electron chi connectivity index (χ0n) is 21.9. The van der Waals surface area contributed by atoms with E-state index in [0.717, 1.165) is 59.0 Å². The van der Waals surface area contributed by atoms with Gasteiger partial charge >= 0.3 is 0 Å². The van der Waals surface area contributed by atoms with Gasteiger partial charge in [0.2, 0.25) is 5.91 Å². The van der Waals surface area contributed by atoms with Crippen molar-refractivity contribution < 1.29 is 9.90 Å². The fourth-order valence-electron chi connectivity index (χ4n) is 7.60. The average molecular weight is 509 g/mol. The highest BCUT2D eigenvalue weighted by atomic mass is 16.3. The van der Waals surface area contributed by atoms with Crippen LogP contribution >= 0.6 is 0 Å². The molecule has 3 aromatic rings. The normalized spacial score (nSPS) is 24.6. The monoisotopic (exact) mass is 508 g/mol. The smallest absolute Gasteiger partial charge is 0.245 e. The van der Waals surface area contributed by atoms with Crippen LogP contribution in [0.2, 0.25) is 0 Å². The van der Waals surface area contributed by atoms with Gasteiger partial charge in [-0.25, -0.2) is 4.98 Å². The second-order valence-corrected chi connectivity index (χ2v) is 11.7. The summed E-state index contributed by atoms with van der Waals surface area (Å²) in [5.74, 6) is 1.75. The molecule has 1 spiro atoms. The van der Waals surface area contributed by atoms with Crippen LogP contribution in [0.15, 0.2) is 31.0 Å². The van der Waals surface area contributed by atoms with E-state index in [-0.39, 0.29) is 24.0 Å². The minimum absolute atomic E-state index is 0.0442. The highest BCUT2D eigenvalue weighted by Crippen LogP contribution is 2.57. The van der Waals surface area contributed by atoms with E-state index < -0.39 is 0 Å². The van der Waals surface area contributed by atoms with Gasteiger partial charge in [0.05, 0.1) is 30.1 Å². The Bertz CT molecular complexity index is 1560. The summed E-state index contributed by atoms with van der Waals surface area (Å²) >= 11 is 0. The molecule has 8 nitrogen and oxygen atoms in total. The van der Waals surface area contributed by atoms with Crippen molar-refractivity contribution >= 4 is 22.6 Å². The molecule has 3 fully saturated rings. The number of anilines is 1. The van der Waals surface area contributed by atoms with Gasteiger partial charge in [-0.1, -0.05) is 18.7 Å². The molecule has 7 rings (SSSR count). The SMILES string of the molecule is C=CC(=O)N1CC2(CCN(c3nc4c(c(-c5c(C)ccc6cnn(C)c56)c3C#N)CC[C@@H]3C[C@H]43)[C@H]2CO)C1. The van der Waals surface area contributed by atoms with E-state index in [1.54, 1.807) is 4.90 Å². The lowest BCUT2D eigenvalue weighted by molar-refractivity contribution is -0.138. The Morgan fingerprint density at radius 3 is 2.89 bits per heavy atom. The molecule has 1 amide bonds. The Hall–Kier alpha value is -3.70. The van der Waals surface area contributed by atoms with Gasteiger partial charge in [-0.15, -0.1) is 0 Å². The predicted molar refractivity (Wildman–Crippen MR) is 145 cm³/mol. The van der Waals surface area contributed by atoms with E-state index in [0.29, 0.717) is 42.9 Å². The van der Waals surface area contributed by atoms with Crippen molar-refractivity contribution in [3.8, 4) is 17.2 Å². The summed E-state index contributed by atoms with van der Waals surface area (Å²) in [6.45, 7) is 7.58. The molecule has 1 N–H and O–H groups in total.